The standard InChI is InChI=1S/C53H77N3O4/c1-9-59-46(57)51(35-60-45-38(34-54)14-13-32-55-45)26-17-37(18-27-51)40-20-24-48(6)42(47(40,4)5)21-25-50(8)43(48)16-15-41-44-39(36(2)3)19-28-53(44,30-29-49(41,50)7)56-33-31-52(58)22-11-10-12-23-52/h13-14,17,20,32,39,41-44,56,58H,2,9-12,15-16,18-19,21-31,33,35H2,1,3-8H3/t39-,41+,42-,43+,44+,48-,49+,50+,51-,53-/m0/s1. The van der Waals surface area contributed by atoms with Gasteiger partial charge in [0.25, 0.3) is 0 Å². The zero-order valence-corrected chi connectivity index (χ0v) is 38.4. The number of aliphatic hydroxyl groups is 1. The summed E-state index contributed by atoms with van der Waals surface area (Å²) in [7, 11) is 0. The molecule has 1 aromatic heterocycles. The predicted octanol–water partition coefficient (Wildman–Crippen LogP) is 11.6. The molecule has 0 spiro atoms. The number of nitrogens with one attached hydrogen (secondary N) is 1. The summed E-state index contributed by atoms with van der Waals surface area (Å²) in [6.07, 6.45) is 26.3. The van der Waals surface area contributed by atoms with Gasteiger partial charge in [0.1, 0.15) is 23.7 Å². The van der Waals surface area contributed by atoms with E-state index in [0.717, 1.165) is 38.6 Å². The molecule has 1 heterocycles. The summed E-state index contributed by atoms with van der Waals surface area (Å²) in [4.78, 5) is 17.9. The molecule has 5 fully saturated rings. The first-order valence-electron chi connectivity index (χ1n) is 24.2. The summed E-state index contributed by atoms with van der Waals surface area (Å²) in [6, 6.07) is 5.59. The summed E-state index contributed by atoms with van der Waals surface area (Å²) in [6.45, 7) is 23.4. The lowest BCUT2D eigenvalue weighted by molar-refractivity contribution is -0.221. The van der Waals surface area contributed by atoms with Gasteiger partial charge in [-0.2, -0.15) is 5.26 Å². The van der Waals surface area contributed by atoms with E-state index in [-0.39, 0.29) is 45.7 Å². The van der Waals surface area contributed by atoms with E-state index < -0.39 is 11.0 Å². The molecule has 2 N–H and O–H groups in total. The number of carbonyl (C=O) groups excluding carboxylic acids is 1. The third kappa shape index (κ3) is 6.96. The Labute approximate surface area is 362 Å². The molecule has 7 nitrogen and oxygen atoms in total. The van der Waals surface area contributed by atoms with E-state index >= 15 is 0 Å². The van der Waals surface area contributed by atoms with Gasteiger partial charge in [-0.15, -0.1) is 0 Å². The smallest absolute Gasteiger partial charge is 0.315 e. The molecule has 0 unspecified atom stereocenters. The van der Waals surface area contributed by atoms with Gasteiger partial charge in [0.05, 0.1) is 12.2 Å². The molecule has 0 saturated heterocycles. The van der Waals surface area contributed by atoms with E-state index in [4.69, 9.17) is 9.47 Å². The molecule has 0 radical (unpaired) electrons. The SMILES string of the molecule is C=C(C)[C@@H]1CC[C@]2(NCCC3(O)CCCCC3)CC[C@]3(C)[C@H](CC[C@@H]4[C@@]5(C)CC=C(C6=CC[C@](COc7ncccc7C#N)(C(=O)OCC)CC6)C(C)(C)[C@@H]5CC[C@]43C)[C@@H]12. The number of ether oxygens (including phenoxy) is 2. The van der Waals surface area contributed by atoms with Crippen molar-refractivity contribution < 1.29 is 19.4 Å². The van der Waals surface area contributed by atoms with Gasteiger partial charge in [-0.1, -0.05) is 78.2 Å². The number of hydrogen-bond donors (Lipinski definition) is 2. The van der Waals surface area contributed by atoms with Crippen LogP contribution in [0.4, 0.5) is 0 Å². The number of aromatic nitrogens is 1. The van der Waals surface area contributed by atoms with Crippen LogP contribution in [0.15, 0.2) is 53.8 Å². The molecule has 0 aromatic carbocycles. The third-order valence-corrected chi connectivity index (χ3v) is 19.5. The summed E-state index contributed by atoms with van der Waals surface area (Å²) in [5, 5.41) is 25.3. The molecule has 8 rings (SSSR count). The van der Waals surface area contributed by atoms with Crippen LogP contribution >= 0.6 is 0 Å². The van der Waals surface area contributed by atoms with E-state index in [2.05, 4.69) is 76.6 Å². The van der Waals surface area contributed by atoms with Crippen molar-refractivity contribution in [3.8, 4) is 11.9 Å². The molecule has 328 valence electrons. The molecule has 7 aliphatic carbocycles. The lowest BCUT2D eigenvalue weighted by atomic mass is 9.33. The second-order valence-electron chi connectivity index (χ2n) is 22.5. The van der Waals surface area contributed by atoms with Crippen LogP contribution in [0.1, 0.15) is 170 Å². The van der Waals surface area contributed by atoms with Crippen molar-refractivity contribution in [3.63, 3.8) is 0 Å². The van der Waals surface area contributed by atoms with E-state index in [0.29, 0.717) is 54.6 Å². The predicted molar refractivity (Wildman–Crippen MR) is 239 cm³/mol. The largest absolute Gasteiger partial charge is 0.475 e. The van der Waals surface area contributed by atoms with Crippen LogP contribution in [-0.2, 0) is 9.53 Å². The lowest BCUT2D eigenvalue weighted by Gasteiger charge is -2.72. The zero-order chi connectivity index (χ0) is 42.8. The normalized spacial score (nSPS) is 40.3. The van der Waals surface area contributed by atoms with Gasteiger partial charge in [0.2, 0.25) is 5.88 Å². The Morgan fingerprint density at radius 1 is 0.950 bits per heavy atom. The molecular formula is C53H77N3O4. The van der Waals surface area contributed by atoms with Gasteiger partial charge in [0, 0.05) is 11.7 Å². The molecule has 60 heavy (non-hydrogen) atoms. The maximum absolute atomic E-state index is 13.6. The van der Waals surface area contributed by atoms with Crippen molar-refractivity contribution in [1.29, 1.82) is 5.26 Å². The van der Waals surface area contributed by atoms with Crippen LogP contribution in [0, 0.1) is 68.0 Å². The lowest BCUT2D eigenvalue weighted by Crippen LogP contribution is -2.68. The number of rotatable bonds is 11. The van der Waals surface area contributed by atoms with Crippen molar-refractivity contribution in [3.05, 3.63) is 59.3 Å². The summed E-state index contributed by atoms with van der Waals surface area (Å²) in [5.41, 5.74) is 4.30. The first-order valence-corrected chi connectivity index (χ1v) is 24.2. The van der Waals surface area contributed by atoms with Gasteiger partial charge in [0.15, 0.2) is 0 Å². The van der Waals surface area contributed by atoms with Crippen LogP contribution in [0.3, 0.4) is 0 Å². The minimum absolute atomic E-state index is 0.0124. The first-order chi connectivity index (χ1) is 28.5. The maximum Gasteiger partial charge on any atom is 0.315 e. The molecule has 1 aromatic rings. The summed E-state index contributed by atoms with van der Waals surface area (Å²) in [5.74, 6) is 3.19. The Hall–Kier alpha value is -2.95. The van der Waals surface area contributed by atoms with E-state index in [1.165, 1.54) is 87.3 Å². The van der Waals surface area contributed by atoms with E-state index in [9.17, 15) is 15.2 Å². The van der Waals surface area contributed by atoms with Crippen molar-refractivity contribution in [2.75, 3.05) is 19.8 Å². The van der Waals surface area contributed by atoms with Crippen LogP contribution in [0.2, 0.25) is 0 Å². The van der Waals surface area contributed by atoms with Gasteiger partial charge < -0.3 is 19.9 Å². The number of nitrogens with zero attached hydrogens (tertiary/aromatic N) is 2. The minimum atomic E-state index is -0.815. The van der Waals surface area contributed by atoms with Gasteiger partial charge in [-0.05, 0) is 191 Å². The fourth-order valence-corrected chi connectivity index (χ4v) is 16.2. The second kappa shape index (κ2) is 16.0. The van der Waals surface area contributed by atoms with E-state index in [1.54, 1.807) is 18.3 Å². The highest BCUT2D eigenvalue weighted by atomic mass is 16.5. The van der Waals surface area contributed by atoms with Crippen molar-refractivity contribution in [2.45, 2.75) is 175 Å². The van der Waals surface area contributed by atoms with Crippen LogP contribution in [0.5, 0.6) is 5.88 Å². The Kier molecular flexibility index (Phi) is 11.6. The molecule has 0 amide bonds. The number of fused-ring (bicyclic) bond motifs is 7. The van der Waals surface area contributed by atoms with Crippen LogP contribution in [0.25, 0.3) is 0 Å². The van der Waals surface area contributed by atoms with Crippen molar-refractivity contribution in [1.82, 2.24) is 10.3 Å². The number of hydrogen-bond acceptors (Lipinski definition) is 7. The Bertz CT molecular complexity index is 1920. The summed E-state index contributed by atoms with van der Waals surface area (Å²) >= 11 is 0. The molecule has 0 aliphatic heterocycles. The van der Waals surface area contributed by atoms with Gasteiger partial charge in [-0.3, -0.25) is 4.79 Å². The highest BCUT2D eigenvalue weighted by molar-refractivity contribution is 5.78. The molecular weight excluding hydrogens is 743 g/mol. The number of allylic oxidation sites excluding steroid dienone is 5. The number of pyridine rings is 1. The van der Waals surface area contributed by atoms with Crippen LogP contribution < -0.4 is 10.1 Å². The fourth-order valence-electron chi connectivity index (χ4n) is 16.2. The van der Waals surface area contributed by atoms with Crippen molar-refractivity contribution >= 4 is 5.97 Å². The van der Waals surface area contributed by atoms with Crippen LogP contribution in [-0.4, -0.2) is 47.0 Å². The molecule has 7 aliphatic rings. The van der Waals surface area contributed by atoms with Gasteiger partial charge >= 0.3 is 5.97 Å². The van der Waals surface area contributed by atoms with Gasteiger partial charge in [-0.25, -0.2) is 4.98 Å². The topological polar surface area (TPSA) is 104 Å². The Morgan fingerprint density at radius 2 is 1.73 bits per heavy atom. The monoisotopic (exact) mass is 820 g/mol. The second-order valence-corrected chi connectivity index (χ2v) is 22.5. The highest BCUT2D eigenvalue weighted by Crippen LogP contribution is 2.76. The highest BCUT2D eigenvalue weighted by Gasteiger charge is 2.70. The summed E-state index contributed by atoms with van der Waals surface area (Å²) < 4.78 is 11.8. The first kappa shape index (κ1) is 43.7. The number of carbonyl (C=O) groups is 1. The average molecular weight is 820 g/mol. The van der Waals surface area contributed by atoms with E-state index in [1.807, 2.05) is 6.92 Å². The number of esters is 1. The third-order valence-electron chi connectivity index (χ3n) is 19.5. The molecule has 10 atom stereocenters. The fraction of sp³-hybridized carbons (Fsp3) is 0.755. The maximum atomic E-state index is 13.6. The average Bonchev–Trinajstić information content (AvgIpc) is 3.61. The quantitative estimate of drug-likeness (QED) is 0.169. The minimum Gasteiger partial charge on any atom is -0.475 e. The molecule has 0 bridgehead atoms. The Morgan fingerprint density at radius 3 is 2.43 bits per heavy atom. The van der Waals surface area contributed by atoms with Crippen molar-refractivity contribution in [2.24, 2.45) is 56.7 Å². The Balaban J connectivity index is 1.03. The number of nitriles is 1. The zero-order valence-electron chi connectivity index (χ0n) is 38.4. The molecule has 7 heteroatoms. The molecule has 5 saturated carbocycles.